The average Bonchev–Trinajstić information content (AvgIpc) is 2.60. The van der Waals surface area contributed by atoms with Crippen LogP contribution in [0.4, 0.5) is 0 Å². The SMILES string of the molecule is C=CCC1(C/C=C/c2ccccc2)CCc2ccccc2C1=O. The van der Waals surface area contributed by atoms with Gasteiger partial charge < -0.3 is 0 Å². The minimum absolute atomic E-state index is 0.275. The number of fused-ring (bicyclic) bond motifs is 1. The van der Waals surface area contributed by atoms with Crippen LogP contribution in [0, 0.1) is 5.41 Å². The Labute approximate surface area is 138 Å². The summed E-state index contributed by atoms with van der Waals surface area (Å²) < 4.78 is 0. The third-order valence-electron chi connectivity index (χ3n) is 4.77. The molecule has 0 amide bonds. The Morgan fingerprint density at radius 2 is 1.74 bits per heavy atom. The number of allylic oxidation sites excluding steroid dienone is 2. The number of carbonyl (C=O) groups is 1. The average molecular weight is 302 g/mol. The summed E-state index contributed by atoms with van der Waals surface area (Å²) in [4.78, 5) is 13.1. The number of benzene rings is 2. The fourth-order valence-corrected chi connectivity index (χ4v) is 3.47. The van der Waals surface area contributed by atoms with Gasteiger partial charge in [0.2, 0.25) is 0 Å². The van der Waals surface area contributed by atoms with E-state index < -0.39 is 0 Å². The van der Waals surface area contributed by atoms with Gasteiger partial charge in [0.05, 0.1) is 0 Å². The molecule has 116 valence electrons. The Hall–Kier alpha value is -2.41. The van der Waals surface area contributed by atoms with Crippen molar-refractivity contribution in [3.63, 3.8) is 0 Å². The molecule has 2 aromatic carbocycles. The lowest BCUT2D eigenvalue weighted by Gasteiger charge is -2.35. The van der Waals surface area contributed by atoms with E-state index in [9.17, 15) is 4.79 Å². The first-order chi connectivity index (χ1) is 11.2. The standard InChI is InChI=1S/C22H22O/c1-2-15-22(16-8-11-18-9-4-3-5-10-18)17-14-19-12-6-7-13-20(19)21(22)23/h2-13H,1,14-17H2/b11-8+. The Kier molecular flexibility index (Phi) is 4.57. The predicted molar refractivity (Wildman–Crippen MR) is 96.4 cm³/mol. The van der Waals surface area contributed by atoms with Crippen molar-refractivity contribution in [3.05, 3.63) is 90.0 Å². The van der Waals surface area contributed by atoms with Crippen molar-refractivity contribution in [1.29, 1.82) is 0 Å². The van der Waals surface area contributed by atoms with Gasteiger partial charge in [-0.1, -0.05) is 72.8 Å². The largest absolute Gasteiger partial charge is 0.294 e. The molecule has 0 heterocycles. The Morgan fingerprint density at radius 1 is 1.00 bits per heavy atom. The highest BCUT2D eigenvalue weighted by Gasteiger charge is 2.40. The molecule has 0 aliphatic heterocycles. The molecule has 1 nitrogen and oxygen atoms in total. The molecule has 2 aromatic rings. The third kappa shape index (κ3) is 3.19. The quantitative estimate of drug-likeness (QED) is 0.668. The van der Waals surface area contributed by atoms with E-state index in [-0.39, 0.29) is 11.2 Å². The lowest BCUT2D eigenvalue weighted by Crippen LogP contribution is -2.35. The van der Waals surface area contributed by atoms with Crippen LogP contribution in [-0.2, 0) is 6.42 Å². The lowest BCUT2D eigenvalue weighted by atomic mass is 9.66. The highest BCUT2D eigenvalue weighted by atomic mass is 16.1. The number of aryl methyl sites for hydroxylation is 1. The summed E-state index contributed by atoms with van der Waals surface area (Å²) in [7, 11) is 0. The molecule has 0 fully saturated rings. The van der Waals surface area contributed by atoms with E-state index in [0.717, 1.165) is 31.2 Å². The van der Waals surface area contributed by atoms with Gasteiger partial charge in [0.15, 0.2) is 5.78 Å². The molecule has 0 spiro atoms. The van der Waals surface area contributed by atoms with Gasteiger partial charge in [-0.15, -0.1) is 6.58 Å². The van der Waals surface area contributed by atoms with E-state index in [2.05, 4.69) is 36.9 Å². The van der Waals surface area contributed by atoms with E-state index in [0.29, 0.717) is 0 Å². The highest BCUT2D eigenvalue weighted by molar-refractivity contribution is 6.03. The molecule has 0 aromatic heterocycles. The second-order valence-electron chi connectivity index (χ2n) is 6.28. The second kappa shape index (κ2) is 6.78. The van der Waals surface area contributed by atoms with Crippen molar-refractivity contribution in [2.24, 2.45) is 5.41 Å². The van der Waals surface area contributed by atoms with Crippen LogP contribution in [0.25, 0.3) is 6.08 Å². The fraction of sp³-hybridized carbons (Fsp3) is 0.227. The zero-order valence-corrected chi connectivity index (χ0v) is 13.4. The number of ketones is 1. The molecule has 1 atom stereocenters. The van der Waals surface area contributed by atoms with Crippen molar-refractivity contribution < 1.29 is 4.79 Å². The first-order valence-corrected chi connectivity index (χ1v) is 8.20. The van der Waals surface area contributed by atoms with Crippen LogP contribution in [0.5, 0.6) is 0 Å². The Balaban J connectivity index is 1.85. The van der Waals surface area contributed by atoms with Crippen molar-refractivity contribution in [2.45, 2.75) is 25.7 Å². The molecule has 0 saturated carbocycles. The molecule has 0 N–H and O–H groups in total. The van der Waals surface area contributed by atoms with Gasteiger partial charge in [0.1, 0.15) is 0 Å². The molecule has 1 aliphatic rings. The number of carbonyl (C=O) groups excluding carboxylic acids is 1. The molecular weight excluding hydrogens is 280 g/mol. The number of rotatable bonds is 5. The molecule has 0 radical (unpaired) electrons. The molecule has 3 rings (SSSR count). The first kappa shape index (κ1) is 15.5. The minimum Gasteiger partial charge on any atom is -0.294 e. The summed E-state index contributed by atoms with van der Waals surface area (Å²) in [5.41, 5.74) is 2.92. The van der Waals surface area contributed by atoms with Crippen molar-refractivity contribution in [1.82, 2.24) is 0 Å². The van der Waals surface area contributed by atoms with Crippen molar-refractivity contribution in [3.8, 4) is 0 Å². The molecule has 23 heavy (non-hydrogen) atoms. The van der Waals surface area contributed by atoms with Crippen molar-refractivity contribution in [2.75, 3.05) is 0 Å². The van der Waals surface area contributed by atoms with Gasteiger partial charge in [0.25, 0.3) is 0 Å². The van der Waals surface area contributed by atoms with Crippen LogP contribution in [0.1, 0.15) is 40.7 Å². The topological polar surface area (TPSA) is 17.1 Å². The maximum Gasteiger partial charge on any atom is 0.169 e. The van der Waals surface area contributed by atoms with Gasteiger partial charge in [0, 0.05) is 11.0 Å². The van der Waals surface area contributed by atoms with E-state index in [1.54, 1.807) is 0 Å². The van der Waals surface area contributed by atoms with Gasteiger partial charge >= 0.3 is 0 Å². The zero-order chi connectivity index (χ0) is 16.1. The van der Waals surface area contributed by atoms with Gasteiger partial charge in [-0.3, -0.25) is 4.79 Å². The maximum absolute atomic E-state index is 13.1. The molecule has 1 aliphatic carbocycles. The molecule has 1 heteroatoms. The summed E-state index contributed by atoms with van der Waals surface area (Å²) in [6.45, 7) is 3.88. The molecule has 0 saturated heterocycles. The van der Waals surface area contributed by atoms with Crippen LogP contribution in [0.15, 0.2) is 73.3 Å². The Morgan fingerprint density at radius 3 is 2.52 bits per heavy atom. The van der Waals surface area contributed by atoms with E-state index >= 15 is 0 Å². The Bertz CT molecular complexity index is 727. The second-order valence-corrected chi connectivity index (χ2v) is 6.28. The lowest BCUT2D eigenvalue weighted by molar-refractivity contribution is 0.0763. The monoisotopic (exact) mass is 302 g/mol. The van der Waals surface area contributed by atoms with Gasteiger partial charge in [-0.05, 0) is 36.8 Å². The summed E-state index contributed by atoms with van der Waals surface area (Å²) in [6, 6.07) is 18.2. The summed E-state index contributed by atoms with van der Waals surface area (Å²) in [6.07, 6.45) is 9.51. The van der Waals surface area contributed by atoms with Crippen LogP contribution in [-0.4, -0.2) is 5.78 Å². The molecular formula is C22H22O. The normalized spacial score (nSPS) is 20.4. The van der Waals surface area contributed by atoms with Gasteiger partial charge in [-0.25, -0.2) is 0 Å². The highest BCUT2D eigenvalue weighted by Crippen LogP contribution is 2.41. The summed E-state index contributed by atoms with van der Waals surface area (Å²) in [5.74, 6) is 0.275. The molecule has 0 bridgehead atoms. The van der Waals surface area contributed by atoms with Crippen LogP contribution in [0.3, 0.4) is 0 Å². The third-order valence-corrected chi connectivity index (χ3v) is 4.77. The van der Waals surface area contributed by atoms with E-state index in [1.165, 1.54) is 11.1 Å². The van der Waals surface area contributed by atoms with Gasteiger partial charge in [-0.2, -0.15) is 0 Å². The number of hydrogen-bond donors (Lipinski definition) is 0. The zero-order valence-electron chi connectivity index (χ0n) is 13.4. The van der Waals surface area contributed by atoms with E-state index in [1.807, 2.05) is 42.5 Å². The van der Waals surface area contributed by atoms with Crippen LogP contribution < -0.4 is 0 Å². The number of hydrogen-bond acceptors (Lipinski definition) is 1. The minimum atomic E-state index is -0.332. The maximum atomic E-state index is 13.1. The van der Waals surface area contributed by atoms with Crippen LogP contribution >= 0.6 is 0 Å². The predicted octanol–water partition coefficient (Wildman–Crippen LogP) is 5.48. The smallest absolute Gasteiger partial charge is 0.169 e. The molecule has 1 unspecified atom stereocenters. The van der Waals surface area contributed by atoms with Crippen LogP contribution in [0.2, 0.25) is 0 Å². The van der Waals surface area contributed by atoms with E-state index in [4.69, 9.17) is 0 Å². The number of Topliss-reactive ketones (excluding diaryl/α,β-unsaturated/α-hetero) is 1. The summed E-state index contributed by atoms with van der Waals surface area (Å²) in [5, 5.41) is 0. The van der Waals surface area contributed by atoms with Crippen molar-refractivity contribution >= 4 is 11.9 Å². The first-order valence-electron chi connectivity index (χ1n) is 8.20. The summed E-state index contributed by atoms with van der Waals surface area (Å²) >= 11 is 0. The fourth-order valence-electron chi connectivity index (χ4n) is 3.47.